The SMILES string of the molecule is BrCCOCCBr.O=C(Nc1nc2cc(F)ccc2n1C1CCC(CO)CC1)c1cccc(C(F)(F)F)c1.O=C(Nc1nc2cc(F)ccc2n1C1CCC(COCCOCCBr)CC1)c1cccc(C(F)(F)F)c1. The molecule has 0 atom stereocenters. The van der Waals surface area contributed by atoms with Gasteiger partial charge in [0.2, 0.25) is 11.9 Å². The van der Waals surface area contributed by atoms with E-state index in [0.29, 0.717) is 54.4 Å². The number of hydrogen-bond donors (Lipinski definition) is 3. The number of hydrogen-bond acceptors (Lipinski definition) is 8. The monoisotopic (exact) mass is 1250 g/mol. The first-order chi connectivity index (χ1) is 35.9. The van der Waals surface area contributed by atoms with Crippen LogP contribution in [0.15, 0.2) is 84.9 Å². The zero-order valence-electron chi connectivity index (χ0n) is 40.6. The summed E-state index contributed by atoms with van der Waals surface area (Å²) in [4.78, 5) is 34.4. The molecule has 2 aromatic heterocycles. The van der Waals surface area contributed by atoms with Crippen molar-refractivity contribution in [1.82, 2.24) is 19.1 Å². The van der Waals surface area contributed by atoms with Crippen LogP contribution in [-0.2, 0) is 26.6 Å². The summed E-state index contributed by atoms with van der Waals surface area (Å²) in [5, 5.41) is 17.3. The summed E-state index contributed by atoms with van der Waals surface area (Å²) < 4.78 is 126. The number of amides is 2. The number of aliphatic hydroxyl groups excluding tert-OH is 1. The molecule has 8 rings (SSSR count). The fraction of sp³-hybridized carbons (Fsp3) is 0.462. The average Bonchev–Trinajstić information content (AvgIpc) is 3.93. The summed E-state index contributed by atoms with van der Waals surface area (Å²) in [7, 11) is 0. The van der Waals surface area contributed by atoms with Crippen molar-refractivity contribution in [3.05, 3.63) is 119 Å². The van der Waals surface area contributed by atoms with Gasteiger partial charge in [0.15, 0.2) is 0 Å². The van der Waals surface area contributed by atoms with Crippen LogP contribution in [0.4, 0.5) is 47.0 Å². The summed E-state index contributed by atoms with van der Waals surface area (Å²) in [6, 6.07) is 16.7. The van der Waals surface area contributed by atoms with Gasteiger partial charge in [0.05, 0.1) is 66.2 Å². The first-order valence-corrected chi connectivity index (χ1v) is 27.6. The highest BCUT2D eigenvalue weighted by Gasteiger charge is 2.33. The molecule has 6 aromatic rings. The lowest BCUT2D eigenvalue weighted by Gasteiger charge is -2.30. The number of ether oxygens (including phenoxy) is 3. The molecule has 408 valence electrons. The van der Waals surface area contributed by atoms with Crippen molar-refractivity contribution < 1.29 is 64.0 Å². The fourth-order valence-electron chi connectivity index (χ4n) is 8.97. The number of fused-ring (bicyclic) bond motifs is 2. The minimum atomic E-state index is -4.57. The summed E-state index contributed by atoms with van der Waals surface area (Å²) in [5.74, 6) is -1.43. The van der Waals surface area contributed by atoms with Gasteiger partial charge in [-0.3, -0.25) is 20.2 Å². The molecule has 0 unspecified atom stereocenters. The number of carbonyl (C=O) groups is 2. The molecule has 3 N–H and O–H groups in total. The minimum Gasteiger partial charge on any atom is -0.396 e. The lowest BCUT2D eigenvalue weighted by Crippen LogP contribution is -2.24. The van der Waals surface area contributed by atoms with Gasteiger partial charge < -0.3 is 28.5 Å². The van der Waals surface area contributed by atoms with E-state index in [4.69, 9.17) is 14.2 Å². The molecule has 4 aromatic carbocycles. The summed E-state index contributed by atoms with van der Waals surface area (Å²) in [5.41, 5.74) is -0.109. The standard InChI is InChI=1S/C26H28BrF4N3O3.C22H21F4N3O2.C4H8Br2O/c27-10-11-36-12-13-37-16-17-4-7-21(8-5-17)34-23-9-6-20(28)15-22(23)32-25(34)33-24(35)18-2-1-3-19(14-18)26(29,30)31;23-16-6-9-19-18(11-16)27-21(29(19)17-7-4-13(12-30)5-8-17)28-20(31)14-2-1-3-15(10-14)22(24,25)26;5-1-3-7-4-2-6/h1-3,6,9,14-15,17,21H,4-5,7-8,10-13,16H2,(H,32,33,35);1-3,6,9-11,13,17,30H,4-5,7-8,12H2,(H,27,28,31);1-4H2. The fourth-order valence-corrected chi connectivity index (χ4v) is 9.66. The largest absolute Gasteiger partial charge is 0.416 e. The van der Waals surface area contributed by atoms with Crippen molar-refractivity contribution >= 4 is 93.6 Å². The van der Waals surface area contributed by atoms with Crippen molar-refractivity contribution in [2.75, 3.05) is 72.9 Å². The third-order valence-electron chi connectivity index (χ3n) is 12.7. The number of alkyl halides is 9. The maximum atomic E-state index is 13.9. The third-order valence-corrected chi connectivity index (χ3v) is 13.6. The Balaban J connectivity index is 0.000000219. The van der Waals surface area contributed by atoms with E-state index in [1.54, 1.807) is 12.1 Å². The predicted molar refractivity (Wildman–Crippen MR) is 281 cm³/mol. The van der Waals surface area contributed by atoms with Gasteiger partial charge in [0.25, 0.3) is 11.8 Å². The van der Waals surface area contributed by atoms with E-state index in [-0.39, 0.29) is 47.6 Å². The molecule has 12 nitrogen and oxygen atoms in total. The van der Waals surface area contributed by atoms with Crippen molar-refractivity contribution in [3.8, 4) is 0 Å². The van der Waals surface area contributed by atoms with E-state index in [1.807, 2.05) is 9.13 Å². The topological polar surface area (TPSA) is 142 Å². The molecule has 2 aliphatic carbocycles. The maximum Gasteiger partial charge on any atom is 0.416 e. The molecule has 2 fully saturated rings. The maximum absolute atomic E-state index is 13.9. The van der Waals surface area contributed by atoms with E-state index in [2.05, 4.69) is 68.4 Å². The van der Waals surface area contributed by atoms with Crippen LogP contribution in [0.25, 0.3) is 22.1 Å². The molecule has 0 spiro atoms. The molecule has 2 amide bonds. The third kappa shape index (κ3) is 17.2. The number of rotatable bonds is 18. The highest BCUT2D eigenvalue weighted by atomic mass is 79.9. The van der Waals surface area contributed by atoms with Crippen LogP contribution >= 0.6 is 47.8 Å². The highest BCUT2D eigenvalue weighted by molar-refractivity contribution is 9.09. The lowest BCUT2D eigenvalue weighted by atomic mass is 9.86. The van der Waals surface area contributed by atoms with Gasteiger partial charge in [-0.25, -0.2) is 18.7 Å². The zero-order valence-corrected chi connectivity index (χ0v) is 45.3. The average molecular weight is 1250 g/mol. The number of aliphatic hydroxyl groups is 1. The first kappa shape index (κ1) is 59.7. The Labute approximate surface area is 453 Å². The number of nitrogens with one attached hydrogen (secondary N) is 2. The number of anilines is 2. The normalized spacial score (nSPS) is 18.0. The van der Waals surface area contributed by atoms with Crippen LogP contribution in [-0.4, -0.2) is 98.3 Å². The molecule has 0 bridgehead atoms. The van der Waals surface area contributed by atoms with Gasteiger partial charge in [-0.2, -0.15) is 26.3 Å². The van der Waals surface area contributed by atoms with Crippen molar-refractivity contribution in [3.63, 3.8) is 0 Å². The van der Waals surface area contributed by atoms with Gasteiger partial charge in [0, 0.05) is 64.5 Å². The molecule has 2 saturated carbocycles. The Kier molecular flexibility index (Phi) is 22.9. The Morgan fingerprint density at radius 3 is 1.36 bits per heavy atom. The molecule has 0 radical (unpaired) electrons. The number of imidazole rings is 2. The number of benzene rings is 4. The smallest absolute Gasteiger partial charge is 0.396 e. The second-order valence-electron chi connectivity index (χ2n) is 17.8. The van der Waals surface area contributed by atoms with Crippen molar-refractivity contribution in [2.24, 2.45) is 11.8 Å². The molecule has 2 heterocycles. The number of aromatic nitrogens is 4. The van der Waals surface area contributed by atoms with Crippen LogP contribution in [0.1, 0.15) is 95.3 Å². The highest BCUT2D eigenvalue weighted by Crippen LogP contribution is 2.39. The summed E-state index contributed by atoms with van der Waals surface area (Å²) >= 11 is 9.78. The quantitative estimate of drug-likeness (QED) is 0.0439. The lowest BCUT2D eigenvalue weighted by molar-refractivity contribution is -0.138. The second-order valence-corrected chi connectivity index (χ2v) is 20.2. The van der Waals surface area contributed by atoms with E-state index in [9.17, 15) is 49.8 Å². The summed E-state index contributed by atoms with van der Waals surface area (Å²) in [6.07, 6.45) is -2.68. The van der Waals surface area contributed by atoms with Crippen LogP contribution in [0.2, 0.25) is 0 Å². The zero-order chi connectivity index (χ0) is 54.1. The van der Waals surface area contributed by atoms with Crippen molar-refractivity contribution in [1.29, 1.82) is 0 Å². The molecule has 0 aliphatic heterocycles. The molecular weight excluding hydrogens is 1200 g/mol. The van der Waals surface area contributed by atoms with Gasteiger partial charge in [-0.05, 0) is 124 Å². The van der Waals surface area contributed by atoms with E-state index < -0.39 is 46.9 Å². The predicted octanol–water partition coefficient (Wildman–Crippen LogP) is 13.6. The van der Waals surface area contributed by atoms with E-state index >= 15 is 0 Å². The summed E-state index contributed by atoms with van der Waals surface area (Å²) in [6.45, 7) is 4.10. The molecule has 0 saturated heterocycles. The molecule has 75 heavy (non-hydrogen) atoms. The first-order valence-electron chi connectivity index (χ1n) is 24.3. The Morgan fingerprint density at radius 1 is 0.560 bits per heavy atom. The minimum absolute atomic E-state index is 0.00853. The number of halogens is 11. The Bertz CT molecular complexity index is 2780. The Morgan fingerprint density at radius 2 is 0.960 bits per heavy atom. The number of carbonyl (C=O) groups excluding carboxylic acids is 2. The van der Waals surface area contributed by atoms with E-state index in [1.165, 1.54) is 48.5 Å². The van der Waals surface area contributed by atoms with Gasteiger partial charge >= 0.3 is 12.4 Å². The molecule has 2 aliphatic rings. The van der Waals surface area contributed by atoms with Gasteiger partial charge in [0.1, 0.15) is 11.6 Å². The van der Waals surface area contributed by atoms with Crippen LogP contribution in [0.3, 0.4) is 0 Å². The molecule has 23 heteroatoms. The Hall–Kier alpha value is -4.52. The van der Waals surface area contributed by atoms with Crippen LogP contribution in [0, 0.1) is 23.5 Å². The van der Waals surface area contributed by atoms with Gasteiger partial charge in [-0.15, -0.1) is 0 Å². The van der Waals surface area contributed by atoms with Crippen LogP contribution < -0.4 is 10.6 Å². The second kappa shape index (κ2) is 28.7. The molecular formula is C52H57Br3F8N6O6. The van der Waals surface area contributed by atoms with Gasteiger partial charge in [-0.1, -0.05) is 59.9 Å². The number of nitrogens with zero attached hydrogens (tertiary/aromatic N) is 4. The van der Waals surface area contributed by atoms with Crippen molar-refractivity contribution in [2.45, 2.75) is 75.8 Å². The van der Waals surface area contributed by atoms with E-state index in [0.717, 1.165) is 105 Å². The van der Waals surface area contributed by atoms with Crippen LogP contribution in [0.5, 0.6) is 0 Å².